The maximum Gasteiger partial charge on any atom is 0.433 e. The molecule has 0 aliphatic carbocycles. The number of nitrogens with zero attached hydrogens (tertiary/aromatic N) is 2. The van der Waals surface area contributed by atoms with Gasteiger partial charge in [-0.2, -0.15) is 13.2 Å². The summed E-state index contributed by atoms with van der Waals surface area (Å²) in [5.74, 6) is -2.07. The van der Waals surface area contributed by atoms with E-state index in [9.17, 15) is 30.8 Å². The van der Waals surface area contributed by atoms with Gasteiger partial charge in [-0.25, -0.2) is 17.8 Å². The molecule has 1 spiro atoms. The van der Waals surface area contributed by atoms with Crippen LogP contribution >= 0.6 is 0 Å². The van der Waals surface area contributed by atoms with Crippen LogP contribution < -0.4 is 20.4 Å². The van der Waals surface area contributed by atoms with Crippen molar-refractivity contribution >= 4 is 33.1 Å². The molecule has 2 aliphatic rings. The molecule has 0 bridgehead atoms. The van der Waals surface area contributed by atoms with Gasteiger partial charge in [-0.3, -0.25) is 19.8 Å². The van der Waals surface area contributed by atoms with Crippen LogP contribution in [0.15, 0.2) is 66.7 Å². The molecule has 1 saturated heterocycles. The molecule has 0 radical (unpaired) electrons. The maximum absolute atomic E-state index is 14.5. The topological polar surface area (TPSA) is 113 Å². The fourth-order valence-electron chi connectivity index (χ4n) is 5.20. The van der Waals surface area contributed by atoms with Gasteiger partial charge in [0.05, 0.1) is 23.6 Å². The average molecular weight is 634 g/mol. The summed E-state index contributed by atoms with van der Waals surface area (Å²) >= 11 is 0. The number of anilines is 2. The van der Waals surface area contributed by atoms with E-state index in [0.717, 1.165) is 29.6 Å². The van der Waals surface area contributed by atoms with Crippen molar-refractivity contribution in [2.75, 3.05) is 29.0 Å². The smallest absolute Gasteiger partial charge is 0.356 e. The Morgan fingerprint density at radius 3 is 2.45 bits per heavy atom. The van der Waals surface area contributed by atoms with Crippen molar-refractivity contribution in [3.63, 3.8) is 0 Å². The lowest BCUT2D eigenvalue weighted by molar-refractivity contribution is -0.141. The van der Waals surface area contributed by atoms with Gasteiger partial charge >= 0.3 is 6.18 Å². The summed E-state index contributed by atoms with van der Waals surface area (Å²) in [7, 11) is -3.70. The van der Waals surface area contributed by atoms with Crippen molar-refractivity contribution in [3.05, 3.63) is 94.9 Å². The first-order valence-corrected chi connectivity index (χ1v) is 15.7. The third kappa shape index (κ3) is 7.13. The van der Waals surface area contributed by atoms with E-state index in [1.54, 1.807) is 4.90 Å². The number of nitrogens with one attached hydrogen (secondary N) is 3. The molecule has 1 unspecified atom stereocenters. The number of carbonyl (C=O) groups excluding carboxylic acids is 1. The Morgan fingerprint density at radius 1 is 1.11 bits per heavy atom. The van der Waals surface area contributed by atoms with Gasteiger partial charge in [0.2, 0.25) is 15.9 Å². The Kier molecular flexibility index (Phi) is 8.58. The predicted octanol–water partition coefficient (Wildman–Crippen LogP) is 4.95. The van der Waals surface area contributed by atoms with Crippen molar-refractivity contribution in [1.29, 1.82) is 0 Å². The fraction of sp³-hybridized carbons (Fsp3) is 0.333. The fourth-order valence-corrected chi connectivity index (χ4v) is 5.76. The van der Waals surface area contributed by atoms with E-state index in [1.807, 2.05) is 36.4 Å². The Balaban J connectivity index is 1.30. The number of rotatable bonds is 8. The first kappa shape index (κ1) is 31.3. The number of hydrogen-bond acceptors (Lipinski definition) is 7. The van der Waals surface area contributed by atoms with Crippen molar-refractivity contribution in [2.24, 2.45) is 0 Å². The quantitative estimate of drug-likeness (QED) is 0.301. The summed E-state index contributed by atoms with van der Waals surface area (Å²) in [6, 6.07) is 15.5. The van der Waals surface area contributed by atoms with E-state index >= 15 is 0 Å². The molecule has 3 N–H and O–H groups in total. The number of pyridine rings is 1. The van der Waals surface area contributed by atoms with E-state index in [-0.39, 0.29) is 18.1 Å². The number of hydroxylamine groups is 1. The van der Waals surface area contributed by atoms with Gasteiger partial charge in [-0.1, -0.05) is 42.5 Å². The highest BCUT2D eigenvalue weighted by atomic mass is 32.2. The second-order valence-corrected chi connectivity index (χ2v) is 12.7. The lowest BCUT2D eigenvalue weighted by Gasteiger charge is -2.38. The number of piperidine rings is 1. The highest BCUT2D eigenvalue weighted by molar-refractivity contribution is 7.92. The number of carbonyl (C=O) groups is 1. The molecule has 3 heterocycles. The molecule has 1 aromatic heterocycles. The summed E-state index contributed by atoms with van der Waals surface area (Å²) in [4.78, 5) is 24.6. The Hall–Kier alpha value is -4.17. The zero-order chi connectivity index (χ0) is 31.7. The van der Waals surface area contributed by atoms with Crippen LogP contribution in [0.5, 0.6) is 0 Å². The first-order chi connectivity index (χ1) is 20.7. The van der Waals surface area contributed by atoms with Crippen LogP contribution in [0, 0.1) is 5.82 Å². The molecule has 14 heteroatoms. The van der Waals surface area contributed by atoms with Gasteiger partial charge in [0, 0.05) is 38.0 Å². The number of halogens is 4. The Bertz CT molecular complexity index is 1670. The van der Waals surface area contributed by atoms with Gasteiger partial charge in [0.1, 0.15) is 22.9 Å². The molecule has 234 valence electrons. The normalized spacial score (nSPS) is 17.1. The average Bonchev–Trinajstić information content (AvgIpc) is 3.39. The van der Waals surface area contributed by atoms with Gasteiger partial charge in [0.25, 0.3) is 0 Å². The van der Waals surface area contributed by atoms with E-state index in [2.05, 4.69) is 20.5 Å². The summed E-state index contributed by atoms with van der Waals surface area (Å²) in [5.41, 5.74) is 3.54. The molecule has 1 atom stereocenters. The minimum Gasteiger partial charge on any atom is -0.356 e. The summed E-state index contributed by atoms with van der Waals surface area (Å²) < 4.78 is 80.2. The third-order valence-electron chi connectivity index (χ3n) is 7.65. The minimum atomic E-state index is -4.66. The standard InChI is InChI=1S/C30H31F4N5O4S/c1-19(21-8-10-24(23(31)16-21)38-44(2,41)42)28(40)35-18-22-9-11-26(30(32,33)34)36-27(22)39-14-12-29(13-15-39)17-25(37-43-29)20-6-4-3-5-7-20/h3-11,16-17,19,37-38H,12-15,18H2,1-2H3,(H,35,40). The van der Waals surface area contributed by atoms with Crippen LogP contribution in [0.25, 0.3) is 5.70 Å². The summed E-state index contributed by atoms with van der Waals surface area (Å²) in [5, 5.41) is 2.71. The minimum absolute atomic E-state index is 0.113. The number of benzene rings is 2. The number of aromatic nitrogens is 1. The zero-order valence-corrected chi connectivity index (χ0v) is 24.7. The Morgan fingerprint density at radius 2 is 1.82 bits per heavy atom. The maximum atomic E-state index is 14.5. The van der Waals surface area contributed by atoms with Crippen LogP contribution in [0.3, 0.4) is 0 Å². The van der Waals surface area contributed by atoms with Crippen LogP contribution in [0.1, 0.15) is 48.1 Å². The molecule has 2 aromatic carbocycles. The molecule has 44 heavy (non-hydrogen) atoms. The zero-order valence-electron chi connectivity index (χ0n) is 23.9. The number of sulfonamides is 1. The monoisotopic (exact) mass is 633 g/mol. The summed E-state index contributed by atoms with van der Waals surface area (Å²) in [6.45, 7) is 2.15. The molecule has 0 saturated carbocycles. The SMILES string of the molecule is CC(C(=O)NCc1ccc(C(F)(F)F)nc1N1CCC2(C=C(c3ccccc3)NO2)CC1)c1ccc(NS(C)(=O)=O)c(F)c1. The summed E-state index contributed by atoms with van der Waals surface area (Å²) in [6.07, 6.45) is -0.772. The molecular formula is C30H31F4N5O4S. The van der Waals surface area contributed by atoms with Gasteiger partial charge in [-0.05, 0) is 42.3 Å². The molecule has 2 aliphatic heterocycles. The molecular weight excluding hydrogens is 602 g/mol. The molecule has 1 amide bonds. The van der Waals surface area contributed by atoms with Crippen molar-refractivity contribution in [3.8, 4) is 0 Å². The van der Waals surface area contributed by atoms with Crippen LogP contribution in [-0.2, 0) is 32.4 Å². The predicted molar refractivity (Wildman–Crippen MR) is 157 cm³/mol. The first-order valence-electron chi connectivity index (χ1n) is 13.8. The van der Waals surface area contributed by atoms with Gasteiger partial charge < -0.3 is 10.2 Å². The van der Waals surface area contributed by atoms with E-state index in [1.165, 1.54) is 25.1 Å². The van der Waals surface area contributed by atoms with Gasteiger partial charge in [0.15, 0.2) is 0 Å². The molecule has 9 nitrogen and oxygen atoms in total. The third-order valence-corrected chi connectivity index (χ3v) is 8.24. The lowest BCUT2D eigenvalue weighted by Crippen LogP contribution is -2.45. The van der Waals surface area contributed by atoms with Crippen molar-refractivity contribution in [1.82, 2.24) is 15.8 Å². The second kappa shape index (κ2) is 12.1. The van der Waals surface area contributed by atoms with E-state index in [0.29, 0.717) is 37.1 Å². The number of hydrogen-bond donors (Lipinski definition) is 3. The van der Waals surface area contributed by atoms with Gasteiger partial charge in [-0.15, -0.1) is 0 Å². The van der Waals surface area contributed by atoms with Crippen molar-refractivity contribution < 1.29 is 35.6 Å². The highest BCUT2D eigenvalue weighted by Gasteiger charge is 2.40. The van der Waals surface area contributed by atoms with Crippen molar-refractivity contribution in [2.45, 2.75) is 44.0 Å². The molecule has 1 fully saturated rings. The lowest BCUT2D eigenvalue weighted by atomic mass is 9.90. The number of alkyl halides is 3. The van der Waals surface area contributed by atoms with Crippen LogP contribution in [0.2, 0.25) is 0 Å². The Labute approximate surface area is 252 Å². The van der Waals surface area contributed by atoms with Crippen LogP contribution in [-0.4, -0.2) is 44.3 Å². The second-order valence-electron chi connectivity index (χ2n) is 10.9. The number of amides is 1. The van der Waals surface area contributed by atoms with E-state index < -0.39 is 45.1 Å². The molecule has 5 rings (SSSR count). The largest absolute Gasteiger partial charge is 0.433 e. The van der Waals surface area contributed by atoms with E-state index in [4.69, 9.17) is 4.84 Å². The highest BCUT2D eigenvalue weighted by Crippen LogP contribution is 2.37. The van der Waals surface area contributed by atoms with Crippen LogP contribution in [0.4, 0.5) is 29.1 Å². The molecule has 3 aromatic rings.